The van der Waals surface area contributed by atoms with E-state index in [-0.39, 0.29) is 12.5 Å². The molecule has 0 radical (unpaired) electrons. The molecule has 5 nitrogen and oxygen atoms in total. The number of hydrogen-bond acceptors (Lipinski definition) is 5. The number of nitrogens with one attached hydrogen (secondary N) is 1. The van der Waals surface area contributed by atoms with E-state index in [4.69, 9.17) is 10.8 Å². The third kappa shape index (κ3) is 2.72. The topological polar surface area (TPSA) is 88.2 Å². The van der Waals surface area contributed by atoms with Crippen LogP contribution < -0.4 is 11.1 Å². The highest BCUT2D eigenvalue weighted by Crippen LogP contribution is 2.24. The standard InChI is InChI=1S/C11H13N3O2S/c1-6(15)5-13-10(16)7-2-3-8-9(4-7)17-11(12)14-8/h2-4,6,15H,5H2,1H3,(H2,12,14)(H,13,16)/t6-/m1/s1. The first-order valence-corrected chi connectivity index (χ1v) is 6.00. The Balaban J connectivity index is 2.20. The molecule has 0 saturated carbocycles. The zero-order valence-electron chi connectivity index (χ0n) is 9.30. The summed E-state index contributed by atoms with van der Waals surface area (Å²) in [5.74, 6) is -0.209. The number of rotatable bonds is 3. The number of anilines is 1. The van der Waals surface area contributed by atoms with E-state index in [2.05, 4.69) is 10.3 Å². The lowest BCUT2D eigenvalue weighted by Gasteiger charge is -2.06. The van der Waals surface area contributed by atoms with Crippen molar-refractivity contribution in [2.24, 2.45) is 0 Å². The van der Waals surface area contributed by atoms with Crippen LogP contribution in [0.15, 0.2) is 18.2 Å². The molecular weight excluding hydrogens is 238 g/mol. The molecule has 0 bridgehead atoms. The lowest BCUT2D eigenvalue weighted by molar-refractivity contribution is 0.0924. The fourth-order valence-corrected chi connectivity index (χ4v) is 2.20. The molecular formula is C11H13N3O2S. The molecule has 2 rings (SSSR count). The van der Waals surface area contributed by atoms with Crippen LogP contribution in [0.2, 0.25) is 0 Å². The van der Waals surface area contributed by atoms with E-state index < -0.39 is 6.10 Å². The number of thiazole rings is 1. The van der Waals surface area contributed by atoms with Crippen LogP contribution in [0.5, 0.6) is 0 Å². The molecule has 0 aliphatic rings. The number of aliphatic hydroxyl groups is 1. The monoisotopic (exact) mass is 251 g/mol. The van der Waals surface area contributed by atoms with Crippen LogP contribution in [-0.4, -0.2) is 28.6 Å². The number of carbonyl (C=O) groups excluding carboxylic acids is 1. The third-order valence-corrected chi connectivity index (χ3v) is 3.07. The zero-order valence-corrected chi connectivity index (χ0v) is 10.1. The average molecular weight is 251 g/mol. The maximum absolute atomic E-state index is 11.7. The molecule has 0 aliphatic carbocycles. The summed E-state index contributed by atoms with van der Waals surface area (Å²) in [6, 6.07) is 5.21. The smallest absolute Gasteiger partial charge is 0.251 e. The highest BCUT2D eigenvalue weighted by Gasteiger charge is 2.09. The van der Waals surface area contributed by atoms with E-state index in [9.17, 15) is 4.79 Å². The number of benzene rings is 1. The minimum absolute atomic E-state index is 0.209. The predicted octanol–water partition coefficient (Wildman–Crippen LogP) is 0.989. The van der Waals surface area contributed by atoms with Crippen molar-refractivity contribution in [2.45, 2.75) is 13.0 Å². The van der Waals surface area contributed by atoms with Crippen molar-refractivity contribution in [1.82, 2.24) is 10.3 Å². The number of nitrogens with two attached hydrogens (primary N) is 1. The van der Waals surface area contributed by atoms with Crippen molar-refractivity contribution < 1.29 is 9.90 Å². The van der Waals surface area contributed by atoms with E-state index in [0.29, 0.717) is 10.7 Å². The lowest BCUT2D eigenvalue weighted by atomic mass is 10.2. The maximum Gasteiger partial charge on any atom is 0.251 e. The summed E-state index contributed by atoms with van der Waals surface area (Å²) >= 11 is 1.35. The number of aromatic nitrogens is 1. The van der Waals surface area contributed by atoms with Gasteiger partial charge in [-0.3, -0.25) is 4.79 Å². The molecule has 0 saturated heterocycles. The van der Waals surface area contributed by atoms with E-state index >= 15 is 0 Å². The lowest BCUT2D eigenvalue weighted by Crippen LogP contribution is -2.30. The normalized spacial score (nSPS) is 12.6. The summed E-state index contributed by atoms with van der Waals surface area (Å²) in [6.45, 7) is 1.86. The van der Waals surface area contributed by atoms with Gasteiger partial charge in [0.05, 0.1) is 16.3 Å². The van der Waals surface area contributed by atoms with Gasteiger partial charge in [0.15, 0.2) is 5.13 Å². The van der Waals surface area contributed by atoms with Gasteiger partial charge in [0, 0.05) is 12.1 Å². The van der Waals surface area contributed by atoms with Gasteiger partial charge < -0.3 is 16.2 Å². The molecule has 90 valence electrons. The van der Waals surface area contributed by atoms with Crippen molar-refractivity contribution in [1.29, 1.82) is 0 Å². The molecule has 6 heteroatoms. The van der Waals surface area contributed by atoms with Gasteiger partial charge in [-0.1, -0.05) is 11.3 Å². The number of fused-ring (bicyclic) bond motifs is 1. The molecule has 0 spiro atoms. The number of nitrogens with zero attached hydrogens (tertiary/aromatic N) is 1. The van der Waals surface area contributed by atoms with Gasteiger partial charge in [-0.25, -0.2) is 4.98 Å². The van der Waals surface area contributed by atoms with Gasteiger partial charge in [-0.15, -0.1) is 0 Å². The van der Waals surface area contributed by atoms with Gasteiger partial charge in [-0.2, -0.15) is 0 Å². The number of amides is 1. The quantitative estimate of drug-likeness (QED) is 0.759. The van der Waals surface area contributed by atoms with E-state index in [0.717, 1.165) is 10.2 Å². The van der Waals surface area contributed by atoms with Crippen LogP contribution in [0.3, 0.4) is 0 Å². The molecule has 0 unspecified atom stereocenters. The van der Waals surface area contributed by atoms with E-state index in [1.807, 2.05) is 0 Å². The minimum Gasteiger partial charge on any atom is -0.392 e. The van der Waals surface area contributed by atoms with Gasteiger partial charge in [-0.05, 0) is 25.1 Å². The second kappa shape index (κ2) is 4.68. The Morgan fingerprint density at radius 2 is 2.41 bits per heavy atom. The van der Waals surface area contributed by atoms with Crippen molar-refractivity contribution in [3.8, 4) is 0 Å². The Morgan fingerprint density at radius 3 is 3.12 bits per heavy atom. The van der Waals surface area contributed by atoms with Crippen molar-refractivity contribution in [3.05, 3.63) is 23.8 Å². The molecule has 1 atom stereocenters. The second-order valence-corrected chi connectivity index (χ2v) is 4.86. The number of hydrogen-bond donors (Lipinski definition) is 3. The van der Waals surface area contributed by atoms with Gasteiger partial charge in [0.1, 0.15) is 0 Å². The second-order valence-electron chi connectivity index (χ2n) is 3.79. The van der Waals surface area contributed by atoms with Crippen LogP contribution in [0.25, 0.3) is 10.2 Å². The molecule has 1 amide bonds. The van der Waals surface area contributed by atoms with Gasteiger partial charge >= 0.3 is 0 Å². The molecule has 0 fully saturated rings. The Morgan fingerprint density at radius 1 is 1.65 bits per heavy atom. The molecule has 0 aliphatic heterocycles. The first kappa shape index (κ1) is 11.8. The fraction of sp³-hybridized carbons (Fsp3) is 0.273. The molecule has 4 N–H and O–H groups in total. The first-order valence-electron chi connectivity index (χ1n) is 5.18. The first-order chi connectivity index (χ1) is 8.06. The number of carbonyl (C=O) groups is 1. The SMILES string of the molecule is C[C@@H](O)CNC(=O)c1ccc2nc(N)sc2c1. The summed E-state index contributed by atoms with van der Waals surface area (Å²) < 4.78 is 0.882. The maximum atomic E-state index is 11.7. The summed E-state index contributed by atoms with van der Waals surface area (Å²) in [6.07, 6.45) is -0.554. The van der Waals surface area contributed by atoms with Crippen LogP contribution in [0, 0.1) is 0 Å². The number of aliphatic hydroxyl groups excluding tert-OH is 1. The van der Waals surface area contributed by atoms with E-state index in [1.165, 1.54) is 11.3 Å². The van der Waals surface area contributed by atoms with Crippen LogP contribution in [0.1, 0.15) is 17.3 Å². The molecule has 1 aromatic heterocycles. The fourth-order valence-electron chi connectivity index (χ4n) is 1.43. The molecule has 1 aromatic carbocycles. The summed E-state index contributed by atoms with van der Waals surface area (Å²) in [7, 11) is 0. The highest BCUT2D eigenvalue weighted by atomic mass is 32.1. The van der Waals surface area contributed by atoms with E-state index in [1.54, 1.807) is 25.1 Å². The largest absolute Gasteiger partial charge is 0.392 e. The summed E-state index contributed by atoms with van der Waals surface area (Å²) in [4.78, 5) is 15.8. The molecule has 17 heavy (non-hydrogen) atoms. The summed E-state index contributed by atoms with van der Waals surface area (Å²) in [5.41, 5.74) is 6.92. The minimum atomic E-state index is -0.554. The Labute approximate surface area is 102 Å². The highest BCUT2D eigenvalue weighted by molar-refractivity contribution is 7.22. The number of nitrogen functional groups attached to an aromatic ring is 1. The Hall–Kier alpha value is -1.66. The average Bonchev–Trinajstić information content (AvgIpc) is 2.64. The van der Waals surface area contributed by atoms with Crippen molar-refractivity contribution >= 4 is 32.6 Å². The molecule has 2 aromatic rings. The Bertz CT molecular complexity index is 551. The van der Waals surface area contributed by atoms with Crippen molar-refractivity contribution in [2.75, 3.05) is 12.3 Å². The summed E-state index contributed by atoms with van der Waals surface area (Å²) in [5, 5.41) is 12.2. The van der Waals surface area contributed by atoms with Crippen LogP contribution in [-0.2, 0) is 0 Å². The van der Waals surface area contributed by atoms with Crippen LogP contribution >= 0.6 is 11.3 Å². The van der Waals surface area contributed by atoms with Gasteiger partial charge in [0.2, 0.25) is 0 Å². The third-order valence-electron chi connectivity index (χ3n) is 2.23. The van der Waals surface area contributed by atoms with Gasteiger partial charge in [0.25, 0.3) is 5.91 Å². The zero-order chi connectivity index (χ0) is 12.4. The predicted molar refractivity (Wildman–Crippen MR) is 68.0 cm³/mol. The van der Waals surface area contributed by atoms with Crippen molar-refractivity contribution in [3.63, 3.8) is 0 Å². The van der Waals surface area contributed by atoms with Crippen LogP contribution in [0.4, 0.5) is 5.13 Å². The molecule has 1 heterocycles. The Kier molecular flexibility index (Phi) is 3.26.